The number of amides is 1. The highest BCUT2D eigenvalue weighted by molar-refractivity contribution is 5.79. The van der Waals surface area contributed by atoms with Crippen LogP contribution in [0.15, 0.2) is 45.9 Å². The first-order valence-corrected chi connectivity index (χ1v) is 7.04. The van der Waals surface area contributed by atoms with E-state index in [1.165, 1.54) is 4.57 Å². The van der Waals surface area contributed by atoms with Gasteiger partial charge in [0, 0.05) is 12.7 Å². The van der Waals surface area contributed by atoms with Crippen LogP contribution in [0.1, 0.15) is 12.7 Å². The van der Waals surface area contributed by atoms with E-state index < -0.39 is 0 Å². The van der Waals surface area contributed by atoms with Crippen LogP contribution in [0.3, 0.4) is 0 Å². The van der Waals surface area contributed by atoms with E-state index in [-0.39, 0.29) is 18.1 Å². The van der Waals surface area contributed by atoms with E-state index in [1.54, 1.807) is 41.3 Å². The molecular formula is C15H16N4O3. The van der Waals surface area contributed by atoms with Gasteiger partial charge in [-0.1, -0.05) is 0 Å². The Bertz CT molecular complexity index is 845. The van der Waals surface area contributed by atoms with Crippen molar-refractivity contribution in [1.29, 1.82) is 0 Å². The summed E-state index contributed by atoms with van der Waals surface area (Å²) in [5, 5.41) is 2.73. The van der Waals surface area contributed by atoms with Gasteiger partial charge in [-0.25, -0.2) is 9.78 Å². The number of rotatable bonds is 5. The lowest BCUT2D eigenvalue weighted by Gasteiger charge is -2.04. The maximum Gasteiger partial charge on any atom is 0.330 e. The third-order valence-corrected chi connectivity index (χ3v) is 3.43. The second kappa shape index (κ2) is 5.88. The number of fused-ring (bicyclic) bond motifs is 1. The smallest absolute Gasteiger partial charge is 0.330 e. The van der Waals surface area contributed by atoms with E-state index in [4.69, 9.17) is 4.42 Å². The minimum Gasteiger partial charge on any atom is -0.467 e. The third kappa shape index (κ3) is 2.52. The summed E-state index contributed by atoms with van der Waals surface area (Å²) in [6.07, 6.45) is 3.18. The van der Waals surface area contributed by atoms with Gasteiger partial charge in [0.25, 0.3) is 0 Å². The van der Waals surface area contributed by atoms with Crippen LogP contribution in [0.5, 0.6) is 0 Å². The Labute approximate surface area is 126 Å². The number of pyridine rings is 1. The summed E-state index contributed by atoms with van der Waals surface area (Å²) < 4.78 is 8.14. The molecule has 7 heteroatoms. The van der Waals surface area contributed by atoms with Crippen LogP contribution in [0, 0.1) is 0 Å². The maximum atomic E-state index is 12.4. The molecule has 1 amide bonds. The first-order valence-electron chi connectivity index (χ1n) is 7.04. The second-order valence-electron chi connectivity index (χ2n) is 4.82. The SMILES string of the molecule is CCn1c(=O)n(CC(=O)NCc2ccco2)c2cccnc21. The van der Waals surface area contributed by atoms with E-state index in [1.807, 2.05) is 6.92 Å². The average molecular weight is 300 g/mol. The van der Waals surface area contributed by atoms with Crippen molar-refractivity contribution in [3.8, 4) is 0 Å². The lowest BCUT2D eigenvalue weighted by molar-refractivity contribution is -0.121. The van der Waals surface area contributed by atoms with Gasteiger partial charge in [-0.15, -0.1) is 0 Å². The molecule has 0 aliphatic heterocycles. The van der Waals surface area contributed by atoms with Crippen molar-refractivity contribution in [3.63, 3.8) is 0 Å². The minimum atomic E-state index is -0.252. The summed E-state index contributed by atoms with van der Waals surface area (Å²) in [5.41, 5.74) is 1.01. The first-order chi connectivity index (χ1) is 10.7. The van der Waals surface area contributed by atoms with Crippen molar-refractivity contribution >= 4 is 17.1 Å². The molecule has 0 aliphatic rings. The fraction of sp³-hybridized carbons (Fsp3) is 0.267. The summed E-state index contributed by atoms with van der Waals surface area (Å²) in [6, 6.07) is 7.07. The molecule has 0 fully saturated rings. The van der Waals surface area contributed by atoms with Crippen molar-refractivity contribution < 1.29 is 9.21 Å². The van der Waals surface area contributed by atoms with Crippen LogP contribution in [-0.2, 0) is 24.4 Å². The molecule has 0 saturated heterocycles. The molecule has 0 atom stereocenters. The molecule has 114 valence electrons. The fourth-order valence-electron chi connectivity index (χ4n) is 2.38. The molecule has 0 unspecified atom stereocenters. The summed E-state index contributed by atoms with van der Waals surface area (Å²) in [4.78, 5) is 28.7. The highest BCUT2D eigenvalue weighted by Crippen LogP contribution is 2.09. The zero-order valence-corrected chi connectivity index (χ0v) is 12.2. The zero-order chi connectivity index (χ0) is 15.5. The van der Waals surface area contributed by atoms with Gasteiger partial charge in [0.2, 0.25) is 5.91 Å². The highest BCUT2D eigenvalue weighted by Gasteiger charge is 2.15. The topological polar surface area (TPSA) is 82.1 Å². The van der Waals surface area contributed by atoms with Crippen LogP contribution in [-0.4, -0.2) is 20.0 Å². The number of hydrogen-bond acceptors (Lipinski definition) is 4. The molecule has 0 radical (unpaired) electrons. The number of furan rings is 1. The molecule has 1 N–H and O–H groups in total. The number of carbonyl (C=O) groups is 1. The van der Waals surface area contributed by atoms with E-state index in [2.05, 4.69) is 10.3 Å². The standard InChI is InChI=1S/C15H16N4O3/c1-2-18-14-12(6-3-7-16-14)19(15(18)21)10-13(20)17-9-11-5-4-8-22-11/h3-8H,2,9-10H2,1H3,(H,17,20). The van der Waals surface area contributed by atoms with E-state index in [0.29, 0.717) is 30.0 Å². The Hall–Kier alpha value is -2.83. The van der Waals surface area contributed by atoms with Crippen LogP contribution < -0.4 is 11.0 Å². The summed E-state index contributed by atoms with van der Waals surface area (Å²) in [5.74, 6) is 0.413. The van der Waals surface area contributed by atoms with Gasteiger partial charge in [-0.3, -0.25) is 13.9 Å². The second-order valence-corrected chi connectivity index (χ2v) is 4.82. The molecule has 0 saturated carbocycles. The summed E-state index contributed by atoms with van der Waals surface area (Å²) in [7, 11) is 0. The molecule has 7 nitrogen and oxygen atoms in total. The van der Waals surface area contributed by atoms with Gasteiger partial charge in [0.05, 0.1) is 18.3 Å². The molecule has 3 rings (SSSR count). The van der Waals surface area contributed by atoms with Crippen molar-refractivity contribution in [2.75, 3.05) is 0 Å². The Balaban J connectivity index is 1.83. The van der Waals surface area contributed by atoms with Crippen LogP contribution in [0.2, 0.25) is 0 Å². The van der Waals surface area contributed by atoms with Crippen LogP contribution >= 0.6 is 0 Å². The predicted octanol–water partition coefficient (Wildman–Crippen LogP) is 1.13. The number of nitrogens with zero attached hydrogens (tertiary/aromatic N) is 3. The molecule has 0 bridgehead atoms. The maximum absolute atomic E-state index is 12.4. The lowest BCUT2D eigenvalue weighted by Crippen LogP contribution is -2.32. The Morgan fingerprint density at radius 2 is 2.18 bits per heavy atom. The molecule has 0 aromatic carbocycles. The van der Waals surface area contributed by atoms with Gasteiger partial charge in [0.15, 0.2) is 5.65 Å². The summed E-state index contributed by atoms with van der Waals surface area (Å²) >= 11 is 0. The Kier molecular flexibility index (Phi) is 3.78. The monoisotopic (exact) mass is 300 g/mol. The quantitative estimate of drug-likeness (QED) is 0.765. The van der Waals surface area contributed by atoms with Crippen LogP contribution in [0.4, 0.5) is 0 Å². The van der Waals surface area contributed by atoms with E-state index in [9.17, 15) is 9.59 Å². The van der Waals surface area contributed by atoms with Gasteiger partial charge in [0.1, 0.15) is 12.3 Å². The predicted molar refractivity (Wildman–Crippen MR) is 80.2 cm³/mol. The molecule has 3 heterocycles. The van der Waals surface area contributed by atoms with Crippen molar-refractivity contribution in [2.24, 2.45) is 0 Å². The Morgan fingerprint density at radius 1 is 1.32 bits per heavy atom. The van der Waals surface area contributed by atoms with Gasteiger partial charge in [-0.2, -0.15) is 0 Å². The van der Waals surface area contributed by atoms with Gasteiger partial charge < -0.3 is 9.73 Å². The molecule has 0 spiro atoms. The van der Waals surface area contributed by atoms with E-state index >= 15 is 0 Å². The number of aryl methyl sites for hydroxylation is 1. The highest BCUT2D eigenvalue weighted by atomic mass is 16.3. The molecule has 3 aromatic heterocycles. The fourth-order valence-corrected chi connectivity index (χ4v) is 2.38. The number of nitrogens with one attached hydrogen (secondary N) is 1. The van der Waals surface area contributed by atoms with Crippen LogP contribution in [0.25, 0.3) is 11.2 Å². The minimum absolute atomic E-state index is 0.0469. The van der Waals surface area contributed by atoms with Crippen molar-refractivity contribution in [1.82, 2.24) is 19.4 Å². The first kappa shape index (κ1) is 14.1. The Morgan fingerprint density at radius 3 is 2.91 bits per heavy atom. The molecule has 3 aromatic rings. The van der Waals surface area contributed by atoms with Crippen molar-refractivity contribution in [2.45, 2.75) is 26.6 Å². The molecule has 22 heavy (non-hydrogen) atoms. The van der Waals surface area contributed by atoms with Gasteiger partial charge in [-0.05, 0) is 31.2 Å². The average Bonchev–Trinajstić information content (AvgIpc) is 3.13. The number of hydrogen-bond donors (Lipinski definition) is 1. The summed E-state index contributed by atoms with van der Waals surface area (Å²) in [6.45, 7) is 2.63. The number of aromatic nitrogens is 3. The number of imidazole rings is 1. The normalized spacial score (nSPS) is 11.0. The lowest BCUT2D eigenvalue weighted by atomic mass is 10.4. The van der Waals surface area contributed by atoms with Crippen molar-refractivity contribution in [3.05, 3.63) is 53.0 Å². The number of carbonyl (C=O) groups excluding carboxylic acids is 1. The zero-order valence-electron chi connectivity index (χ0n) is 12.2. The molecular weight excluding hydrogens is 284 g/mol. The third-order valence-electron chi connectivity index (χ3n) is 3.43. The van der Waals surface area contributed by atoms with Gasteiger partial charge >= 0.3 is 5.69 Å². The largest absolute Gasteiger partial charge is 0.467 e. The molecule has 0 aliphatic carbocycles. The van der Waals surface area contributed by atoms with E-state index in [0.717, 1.165) is 0 Å².